The fourth-order valence-corrected chi connectivity index (χ4v) is 5.82. The standard InChI is InChI=1S/C24H35F3O6SSi/c1-22(2,3)35(5,6)33-23(17-18-12-14-19(15-13-18)21(28)31-4)16-10-8-7-9-11-20(23)32-34(29,30)24(25,26)27/h11-15H,7-10,16-17H2,1-6H3/b20-11+. The molecule has 0 aromatic heterocycles. The van der Waals surface area contributed by atoms with E-state index >= 15 is 0 Å². The van der Waals surface area contributed by atoms with Gasteiger partial charge in [-0.1, -0.05) is 45.7 Å². The maximum Gasteiger partial charge on any atom is 0.534 e. The predicted octanol–water partition coefficient (Wildman–Crippen LogP) is 6.49. The molecule has 0 N–H and O–H groups in total. The lowest BCUT2D eigenvalue weighted by Crippen LogP contribution is -2.53. The van der Waals surface area contributed by atoms with E-state index in [1.165, 1.54) is 13.2 Å². The number of alkyl halides is 3. The molecular formula is C24H35F3O6SSi. The van der Waals surface area contributed by atoms with Crippen LogP contribution in [0.2, 0.25) is 18.1 Å². The number of carbonyl (C=O) groups is 1. The first-order valence-corrected chi connectivity index (χ1v) is 15.8. The molecule has 35 heavy (non-hydrogen) atoms. The summed E-state index contributed by atoms with van der Waals surface area (Å²) in [7, 11) is -7.26. The van der Waals surface area contributed by atoms with Crippen LogP contribution in [0.25, 0.3) is 0 Å². The van der Waals surface area contributed by atoms with Crippen LogP contribution in [0.1, 0.15) is 68.8 Å². The summed E-state index contributed by atoms with van der Waals surface area (Å²) in [6.45, 7) is 9.92. The smallest absolute Gasteiger partial charge is 0.465 e. The Morgan fingerprint density at radius 1 is 1.06 bits per heavy atom. The van der Waals surface area contributed by atoms with Crippen LogP contribution in [0.4, 0.5) is 13.2 Å². The first-order valence-electron chi connectivity index (χ1n) is 11.5. The van der Waals surface area contributed by atoms with E-state index in [2.05, 4.69) is 0 Å². The van der Waals surface area contributed by atoms with Crippen LogP contribution in [-0.2, 0) is 29.9 Å². The average molecular weight is 537 g/mol. The summed E-state index contributed by atoms with van der Waals surface area (Å²) in [5.41, 5.74) is -6.01. The van der Waals surface area contributed by atoms with Gasteiger partial charge in [0.2, 0.25) is 0 Å². The van der Waals surface area contributed by atoms with Gasteiger partial charge in [-0.15, -0.1) is 0 Å². The molecule has 6 nitrogen and oxygen atoms in total. The molecule has 11 heteroatoms. The second kappa shape index (κ2) is 10.6. The molecule has 1 aliphatic carbocycles. The van der Waals surface area contributed by atoms with Crippen molar-refractivity contribution in [2.24, 2.45) is 0 Å². The molecule has 0 fully saturated rings. The maximum atomic E-state index is 13.3. The minimum Gasteiger partial charge on any atom is -0.465 e. The zero-order valence-corrected chi connectivity index (χ0v) is 22.9. The van der Waals surface area contributed by atoms with Crippen molar-refractivity contribution in [2.45, 2.75) is 88.5 Å². The van der Waals surface area contributed by atoms with E-state index < -0.39 is 35.5 Å². The number of halogens is 3. The average Bonchev–Trinajstić information content (AvgIpc) is 2.71. The molecule has 0 amide bonds. The third-order valence-electron chi connectivity index (χ3n) is 6.67. The summed E-state index contributed by atoms with van der Waals surface area (Å²) in [5, 5.41) is -0.300. The highest BCUT2D eigenvalue weighted by Gasteiger charge is 2.53. The maximum absolute atomic E-state index is 13.3. The van der Waals surface area contributed by atoms with Gasteiger partial charge in [0, 0.05) is 6.42 Å². The summed E-state index contributed by atoms with van der Waals surface area (Å²) in [6, 6.07) is 6.44. The van der Waals surface area contributed by atoms with Gasteiger partial charge < -0.3 is 13.3 Å². The Hall–Kier alpha value is -1.85. The van der Waals surface area contributed by atoms with Crippen molar-refractivity contribution in [1.82, 2.24) is 0 Å². The van der Waals surface area contributed by atoms with Gasteiger partial charge in [-0.25, -0.2) is 4.79 Å². The second-order valence-electron chi connectivity index (χ2n) is 10.4. The van der Waals surface area contributed by atoms with Crippen molar-refractivity contribution in [2.75, 3.05) is 7.11 Å². The lowest BCUT2D eigenvalue weighted by atomic mass is 9.85. The Kier molecular flexibility index (Phi) is 8.93. The van der Waals surface area contributed by atoms with Crippen LogP contribution < -0.4 is 0 Å². The number of esters is 1. The molecule has 1 unspecified atom stereocenters. The van der Waals surface area contributed by atoms with E-state index in [1.807, 2.05) is 33.9 Å². The molecule has 0 saturated carbocycles. The number of hydrogen-bond donors (Lipinski definition) is 0. The highest BCUT2D eigenvalue weighted by molar-refractivity contribution is 7.87. The number of ether oxygens (including phenoxy) is 1. The summed E-state index contributed by atoms with van der Waals surface area (Å²) in [4.78, 5) is 11.8. The Balaban J connectivity index is 2.65. The largest absolute Gasteiger partial charge is 0.534 e. The summed E-state index contributed by atoms with van der Waals surface area (Å²) < 4.78 is 80.4. The molecule has 0 saturated heterocycles. The minimum atomic E-state index is -5.90. The van der Waals surface area contributed by atoms with Gasteiger partial charge in [0.05, 0.1) is 12.7 Å². The highest BCUT2D eigenvalue weighted by Crippen LogP contribution is 2.46. The van der Waals surface area contributed by atoms with Gasteiger partial charge in [-0.05, 0) is 61.2 Å². The molecule has 1 atom stereocenters. The summed E-state index contributed by atoms with van der Waals surface area (Å²) >= 11 is 0. The number of methoxy groups -OCH3 is 1. The fraction of sp³-hybridized carbons (Fsp3) is 0.625. The molecule has 0 spiro atoms. The zero-order valence-electron chi connectivity index (χ0n) is 21.1. The van der Waals surface area contributed by atoms with E-state index in [-0.39, 0.29) is 23.6 Å². The number of hydrogen-bond acceptors (Lipinski definition) is 6. The Morgan fingerprint density at radius 2 is 1.66 bits per heavy atom. The van der Waals surface area contributed by atoms with Crippen molar-refractivity contribution in [3.05, 3.63) is 47.2 Å². The van der Waals surface area contributed by atoms with Crippen LogP contribution in [0.3, 0.4) is 0 Å². The Labute approximate surface area is 207 Å². The normalized spacial score (nSPS) is 21.9. The minimum absolute atomic E-state index is 0.0835. The van der Waals surface area contributed by atoms with E-state index in [0.29, 0.717) is 30.4 Å². The zero-order chi connectivity index (χ0) is 26.7. The van der Waals surface area contributed by atoms with Crippen LogP contribution in [0.15, 0.2) is 36.1 Å². The van der Waals surface area contributed by atoms with Gasteiger partial charge >= 0.3 is 21.6 Å². The van der Waals surface area contributed by atoms with Crippen LogP contribution in [0, 0.1) is 0 Å². The number of benzene rings is 1. The van der Waals surface area contributed by atoms with Crippen molar-refractivity contribution in [3.8, 4) is 0 Å². The molecule has 0 aliphatic heterocycles. The third kappa shape index (κ3) is 7.10. The third-order valence-corrected chi connectivity index (χ3v) is 12.1. The molecule has 1 aromatic carbocycles. The first-order chi connectivity index (χ1) is 15.9. The molecule has 0 radical (unpaired) electrons. The second-order valence-corrected chi connectivity index (χ2v) is 16.6. The Morgan fingerprint density at radius 3 is 2.17 bits per heavy atom. The summed E-state index contributed by atoms with van der Waals surface area (Å²) in [5.74, 6) is -0.841. The highest BCUT2D eigenvalue weighted by atomic mass is 32.2. The lowest BCUT2D eigenvalue weighted by Gasteiger charge is -2.46. The van der Waals surface area contributed by atoms with E-state index in [1.54, 1.807) is 24.3 Å². The SMILES string of the molecule is COC(=O)c1ccc(CC2(O[Si](C)(C)C(C)(C)C)CCCCC/C=C\2OS(=O)(=O)C(F)(F)F)cc1. The lowest BCUT2D eigenvalue weighted by molar-refractivity contribution is -0.0555. The molecule has 198 valence electrons. The van der Waals surface area contributed by atoms with E-state index in [0.717, 1.165) is 6.42 Å². The number of allylic oxidation sites excluding steroid dienone is 1. The predicted molar refractivity (Wildman–Crippen MR) is 130 cm³/mol. The molecule has 1 aliphatic rings. The van der Waals surface area contributed by atoms with Gasteiger partial charge in [0.1, 0.15) is 11.4 Å². The Bertz CT molecular complexity index is 1030. The molecular weight excluding hydrogens is 501 g/mol. The molecule has 2 rings (SSSR count). The van der Waals surface area contributed by atoms with Gasteiger partial charge in [0.25, 0.3) is 0 Å². The van der Waals surface area contributed by atoms with Gasteiger partial charge in [0.15, 0.2) is 8.32 Å². The van der Waals surface area contributed by atoms with Crippen LogP contribution >= 0.6 is 0 Å². The fourth-order valence-electron chi connectivity index (χ4n) is 3.71. The molecule has 0 heterocycles. The topological polar surface area (TPSA) is 78.9 Å². The van der Waals surface area contributed by atoms with E-state index in [4.69, 9.17) is 13.3 Å². The van der Waals surface area contributed by atoms with Crippen molar-refractivity contribution < 1.29 is 39.7 Å². The monoisotopic (exact) mass is 536 g/mol. The quantitative estimate of drug-likeness (QED) is 0.172. The van der Waals surface area contributed by atoms with Gasteiger partial charge in [-0.3, -0.25) is 0 Å². The van der Waals surface area contributed by atoms with Gasteiger partial charge in [-0.2, -0.15) is 21.6 Å². The van der Waals surface area contributed by atoms with Crippen molar-refractivity contribution in [3.63, 3.8) is 0 Å². The van der Waals surface area contributed by atoms with E-state index in [9.17, 15) is 26.4 Å². The van der Waals surface area contributed by atoms with Crippen molar-refractivity contribution >= 4 is 24.4 Å². The molecule has 1 aromatic rings. The van der Waals surface area contributed by atoms with Crippen LogP contribution in [0.5, 0.6) is 0 Å². The molecule has 0 bridgehead atoms. The number of carbonyl (C=O) groups excluding carboxylic acids is 1. The summed E-state index contributed by atoms with van der Waals surface area (Å²) in [6.07, 6.45) is 4.31. The number of rotatable bonds is 7. The van der Waals surface area contributed by atoms with Crippen LogP contribution in [-0.4, -0.2) is 40.9 Å². The first kappa shape index (κ1) is 29.4. The van der Waals surface area contributed by atoms with Crippen molar-refractivity contribution in [1.29, 1.82) is 0 Å².